The van der Waals surface area contributed by atoms with Crippen molar-refractivity contribution in [3.05, 3.63) is 34.5 Å². The smallest absolute Gasteiger partial charge is 0.277 e. The molecule has 30 heavy (non-hydrogen) atoms. The largest absolute Gasteiger partial charge is 0.507 e. The maximum atomic E-state index is 13.3. The van der Waals surface area contributed by atoms with Gasteiger partial charge < -0.3 is 10.0 Å². The molecule has 1 N–H and O–H groups in total. The van der Waals surface area contributed by atoms with Crippen molar-refractivity contribution in [3.63, 3.8) is 0 Å². The summed E-state index contributed by atoms with van der Waals surface area (Å²) in [5, 5.41) is 11.6. The second kappa shape index (κ2) is 7.99. The Morgan fingerprint density at radius 1 is 1.00 bits per heavy atom. The second-order valence-electron chi connectivity index (χ2n) is 10.8. The van der Waals surface area contributed by atoms with E-state index in [0.29, 0.717) is 16.6 Å². The number of amides is 1. The van der Waals surface area contributed by atoms with Crippen molar-refractivity contribution in [3.8, 4) is 5.75 Å². The molecule has 1 aliphatic heterocycles. The van der Waals surface area contributed by atoms with Gasteiger partial charge >= 0.3 is 0 Å². The maximum absolute atomic E-state index is 13.3. The van der Waals surface area contributed by atoms with Crippen LogP contribution >= 0.6 is 12.2 Å². The zero-order chi connectivity index (χ0) is 22.4. The predicted molar refractivity (Wildman–Crippen MR) is 128 cm³/mol. The van der Waals surface area contributed by atoms with Gasteiger partial charge in [-0.1, -0.05) is 60.8 Å². The molecule has 0 unspecified atom stereocenters. The zero-order valence-electron chi connectivity index (χ0n) is 19.5. The summed E-state index contributed by atoms with van der Waals surface area (Å²) in [5.41, 5.74) is 2.88. The van der Waals surface area contributed by atoms with Crippen LogP contribution in [0.2, 0.25) is 0 Å². The molecule has 1 aliphatic carbocycles. The van der Waals surface area contributed by atoms with Crippen LogP contribution in [0.4, 0.5) is 0 Å². The molecule has 0 radical (unpaired) electrons. The van der Waals surface area contributed by atoms with Crippen LogP contribution in [-0.2, 0) is 15.6 Å². The van der Waals surface area contributed by atoms with E-state index in [-0.39, 0.29) is 22.8 Å². The highest BCUT2D eigenvalue weighted by atomic mass is 32.1. The maximum Gasteiger partial charge on any atom is 0.277 e. The van der Waals surface area contributed by atoms with E-state index in [9.17, 15) is 9.90 Å². The van der Waals surface area contributed by atoms with Gasteiger partial charge in [0, 0.05) is 24.2 Å². The standard InChI is InChI=1S/C25H36N2O2S/c1-24(2,3)18-13-16(14-19(21(18)28)25(4,5)6)15-20-22(29)27(23(30)26(20)7)17-11-9-8-10-12-17/h13-15,17,28H,8-12H2,1-7H3. The van der Waals surface area contributed by atoms with Crippen molar-refractivity contribution in [1.82, 2.24) is 9.80 Å². The third-order valence-corrected chi connectivity index (χ3v) is 6.75. The molecular weight excluding hydrogens is 392 g/mol. The molecular formula is C25H36N2O2S. The van der Waals surface area contributed by atoms with Crippen LogP contribution in [-0.4, -0.2) is 39.0 Å². The molecule has 0 atom stereocenters. The number of benzene rings is 1. The van der Waals surface area contributed by atoms with Crippen molar-refractivity contribution < 1.29 is 9.90 Å². The third kappa shape index (κ3) is 4.27. The van der Waals surface area contributed by atoms with Gasteiger partial charge in [-0.2, -0.15) is 0 Å². The first-order valence-corrected chi connectivity index (χ1v) is 11.4. The van der Waals surface area contributed by atoms with Gasteiger partial charge in [0.15, 0.2) is 5.11 Å². The molecule has 0 aromatic heterocycles. The lowest BCUT2D eigenvalue weighted by molar-refractivity contribution is -0.124. The topological polar surface area (TPSA) is 43.8 Å². The minimum Gasteiger partial charge on any atom is -0.507 e. The van der Waals surface area contributed by atoms with Crippen molar-refractivity contribution in [2.75, 3.05) is 7.05 Å². The highest BCUT2D eigenvalue weighted by Gasteiger charge is 2.40. The third-order valence-electron chi connectivity index (χ3n) is 6.28. The molecule has 0 spiro atoms. The van der Waals surface area contributed by atoms with Crippen LogP contribution in [0.25, 0.3) is 6.08 Å². The number of carbonyl (C=O) groups is 1. The number of likely N-dealkylation sites (N-methyl/N-ethyl adjacent to an activating group) is 1. The van der Waals surface area contributed by atoms with Gasteiger partial charge in [0.2, 0.25) is 0 Å². The number of hydrogen-bond donors (Lipinski definition) is 1. The second-order valence-corrected chi connectivity index (χ2v) is 11.2. The van der Waals surface area contributed by atoms with Gasteiger partial charge in [-0.3, -0.25) is 9.69 Å². The minimum absolute atomic E-state index is 0.00269. The van der Waals surface area contributed by atoms with Crippen molar-refractivity contribution in [2.45, 2.75) is 90.5 Å². The minimum atomic E-state index is -0.215. The predicted octanol–water partition coefficient (Wildman–Crippen LogP) is 5.72. The van der Waals surface area contributed by atoms with Crippen LogP contribution < -0.4 is 0 Å². The summed E-state index contributed by atoms with van der Waals surface area (Å²) in [4.78, 5) is 17.0. The van der Waals surface area contributed by atoms with E-state index in [0.717, 1.165) is 42.4 Å². The highest BCUT2D eigenvalue weighted by Crippen LogP contribution is 2.40. The number of hydrogen-bond acceptors (Lipinski definition) is 3. The van der Waals surface area contributed by atoms with Crippen molar-refractivity contribution >= 4 is 29.3 Å². The van der Waals surface area contributed by atoms with Gasteiger partial charge in [-0.25, -0.2) is 0 Å². The number of nitrogens with zero attached hydrogens (tertiary/aromatic N) is 2. The molecule has 1 aromatic carbocycles. The Morgan fingerprint density at radius 3 is 1.97 bits per heavy atom. The highest BCUT2D eigenvalue weighted by molar-refractivity contribution is 7.80. The lowest BCUT2D eigenvalue weighted by atomic mass is 9.78. The number of rotatable bonds is 2. The number of carbonyl (C=O) groups excluding carboxylic acids is 1. The first-order chi connectivity index (χ1) is 13.8. The Hall–Kier alpha value is -1.88. The number of aromatic hydroxyl groups is 1. The van der Waals surface area contributed by atoms with E-state index in [4.69, 9.17) is 12.2 Å². The molecule has 0 bridgehead atoms. The Morgan fingerprint density at radius 2 is 1.50 bits per heavy atom. The average molecular weight is 429 g/mol. The average Bonchev–Trinajstić information content (AvgIpc) is 2.85. The monoisotopic (exact) mass is 428 g/mol. The molecule has 1 saturated carbocycles. The Labute approximate surface area is 186 Å². The fourth-order valence-corrected chi connectivity index (χ4v) is 4.81. The van der Waals surface area contributed by atoms with Crippen molar-refractivity contribution in [2.24, 2.45) is 0 Å². The molecule has 1 amide bonds. The van der Waals surface area contributed by atoms with E-state index < -0.39 is 0 Å². The first kappa shape index (κ1) is 22.8. The van der Waals surface area contributed by atoms with Gasteiger partial charge in [-0.05, 0) is 59.7 Å². The van der Waals surface area contributed by atoms with Gasteiger partial charge in [0.1, 0.15) is 11.4 Å². The summed E-state index contributed by atoms with van der Waals surface area (Å²) in [6, 6.07) is 4.22. The molecule has 1 aromatic rings. The number of thiocarbonyl (C=S) groups is 1. The summed E-state index contributed by atoms with van der Waals surface area (Å²) >= 11 is 5.66. The van der Waals surface area contributed by atoms with E-state index in [1.54, 1.807) is 0 Å². The molecule has 2 aliphatic rings. The number of phenolic OH excluding ortho intramolecular Hbond substituents is 1. The van der Waals surface area contributed by atoms with Crippen LogP contribution in [0.5, 0.6) is 5.75 Å². The molecule has 2 fully saturated rings. The van der Waals surface area contributed by atoms with Crippen LogP contribution in [0, 0.1) is 0 Å². The molecule has 1 saturated heterocycles. The van der Waals surface area contributed by atoms with Gasteiger partial charge in [0.05, 0.1) is 0 Å². The molecule has 5 heteroatoms. The summed E-state index contributed by atoms with van der Waals surface area (Å²) < 4.78 is 0. The van der Waals surface area contributed by atoms with E-state index >= 15 is 0 Å². The summed E-state index contributed by atoms with van der Waals surface area (Å²) in [5.74, 6) is 0.347. The quantitative estimate of drug-likeness (QED) is 0.483. The summed E-state index contributed by atoms with van der Waals surface area (Å²) in [6.45, 7) is 12.6. The molecule has 4 nitrogen and oxygen atoms in total. The van der Waals surface area contributed by atoms with Crippen molar-refractivity contribution in [1.29, 1.82) is 0 Å². The van der Waals surface area contributed by atoms with Crippen LogP contribution in [0.15, 0.2) is 17.8 Å². The number of phenols is 1. The fraction of sp³-hybridized carbons (Fsp3) is 0.600. The molecule has 1 heterocycles. The molecule has 3 rings (SSSR count). The molecule has 164 valence electrons. The van der Waals surface area contributed by atoms with Crippen LogP contribution in [0.1, 0.15) is 90.3 Å². The normalized spacial score (nSPS) is 20.6. The summed E-state index contributed by atoms with van der Waals surface area (Å²) in [7, 11) is 1.88. The lowest BCUT2D eigenvalue weighted by Crippen LogP contribution is -2.41. The van der Waals surface area contributed by atoms with Gasteiger partial charge in [-0.15, -0.1) is 0 Å². The Balaban J connectivity index is 2.07. The van der Waals surface area contributed by atoms with E-state index in [2.05, 4.69) is 41.5 Å². The van der Waals surface area contributed by atoms with E-state index in [1.165, 1.54) is 6.42 Å². The first-order valence-electron chi connectivity index (χ1n) is 11.0. The van der Waals surface area contributed by atoms with Crippen LogP contribution in [0.3, 0.4) is 0 Å². The Bertz CT molecular complexity index is 848. The van der Waals surface area contributed by atoms with Gasteiger partial charge in [0.25, 0.3) is 5.91 Å². The van der Waals surface area contributed by atoms with E-state index in [1.807, 2.05) is 35.1 Å². The fourth-order valence-electron chi connectivity index (χ4n) is 4.48. The Kier molecular flexibility index (Phi) is 6.07. The SMILES string of the molecule is CN1C(=S)N(C2CCCCC2)C(=O)C1=Cc1cc(C(C)(C)C)c(O)c(C(C)(C)C)c1. The summed E-state index contributed by atoms with van der Waals surface area (Å²) in [6.07, 6.45) is 7.52. The lowest BCUT2D eigenvalue weighted by Gasteiger charge is -2.30. The zero-order valence-corrected chi connectivity index (χ0v) is 20.3.